The number of carbonyl (C=O) groups is 1. The molecule has 3 atom stereocenters. The van der Waals surface area contributed by atoms with Gasteiger partial charge < -0.3 is 14.9 Å². The van der Waals surface area contributed by atoms with Gasteiger partial charge in [-0.05, 0) is 39.2 Å². The Morgan fingerprint density at radius 2 is 2.16 bits per heavy atom. The molecule has 4 nitrogen and oxygen atoms in total. The minimum Gasteiger partial charge on any atom is -0.423 e. The van der Waals surface area contributed by atoms with Crippen molar-refractivity contribution in [3.8, 4) is 0 Å². The molecule has 1 heterocycles. The van der Waals surface area contributed by atoms with Crippen LogP contribution < -0.4 is 0 Å². The Bertz CT molecular complexity index is 552. The van der Waals surface area contributed by atoms with E-state index in [-0.39, 0.29) is 11.9 Å². The summed E-state index contributed by atoms with van der Waals surface area (Å²) < 4.78 is 5.19. The van der Waals surface area contributed by atoms with E-state index >= 15 is 0 Å². The van der Waals surface area contributed by atoms with Crippen molar-refractivity contribution in [2.45, 2.75) is 44.3 Å². The van der Waals surface area contributed by atoms with Crippen LogP contribution in [0, 0.1) is 5.92 Å². The van der Waals surface area contributed by atoms with E-state index in [0.29, 0.717) is 30.6 Å². The summed E-state index contributed by atoms with van der Waals surface area (Å²) >= 11 is 0. The lowest BCUT2D eigenvalue weighted by Crippen LogP contribution is -2.53. The van der Waals surface area contributed by atoms with Gasteiger partial charge in [0.1, 0.15) is 17.0 Å². The van der Waals surface area contributed by atoms with Crippen molar-refractivity contribution in [3.63, 3.8) is 0 Å². The standard InChI is InChI=1S/C15H18O4/c1-8-4-5-15(18)11(8)6-10-9(2)13(16)19-12(10)7-14(15,3)17/h7,11,17-18H,1,4-6H2,2-3H3. The van der Waals surface area contributed by atoms with Gasteiger partial charge in [0.05, 0.1) is 0 Å². The van der Waals surface area contributed by atoms with Crippen molar-refractivity contribution in [1.82, 2.24) is 0 Å². The van der Waals surface area contributed by atoms with E-state index in [2.05, 4.69) is 6.58 Å². The molecule has 0 aromatic heterocycles. The van der Waals surface area contributed by atoms with E-state index in [1.807, 2.05) is 0 Å². The minimum atomic E-state index is -1.43. The molecule has 19 heavy (non-hydrogen) atoms. The molecule has 102 valence electrons. The number of ether oxygens (including phenoxy) is 1. The van der Waals surface area contributed by atoms with Crippen LogP contribution in [0.5, 0.6) is 0 Å². The highest BCUT2D eigenvalue weighted by Gasteiger charge is 2.57. The second kappa shape index (κ2) is 3.58. The average molecular weight is 262 g/mol. The Kier molecular flexibility index (Phi) is 2.38. The third-order valence-electron chi connectivity index (χ3n) is 4.85. The summed E-state index contributed by atoms with van der Waals surface area (Å²) in [6.07, 6.45) is 3.15. The molecule has 0 radical (unpaired) electrons. The van der Waals surface area contributed by atoms with Crippen LogP contribution in [-0.4, -0.2) is 27.4 Å². The first kappa shape index (κ1) is 12.6. The molecule has 0 spiro atoms. The predicted molar refractivity (Wildman–Crippen MR) is 68.9 cm³/mol. The van der Waals surface area contributed by atoms with Crippen LogP contribution in [0.4, 0.5) is 0 Å². The Balaban J connectivity index is 2.18. The highest BCUT2D eigenvalue weighted by Crippen LogP contribution is 2.53. The molecule has 4 heteroatoms. The fourth-order valence-corrected chi connectivity index (χ4v) is 3.46. The maximum Gasteiger partial charge on any atom is 0.339 e. The number of carbonyl (C=O) groups excluding carboxylic acids is 1. The number of hydrogen-bond acceptors (Lipinski definition) is 4. The highest BCUT2D eigenvalue weighted by molar-refractivity contribution is 5.94. The molecule has 2 aliphatic carbocycles. The van der Waals surface area contributed by atoms with Gasteiger partial charge in [0, 0.05) is 17.1 Å². The molecular weight excluding hydrogens is 244 g/mol. The largest absolute Gasteiger partial charge is 0.423 e. The quantitative estimate of drug-likeness (QED) is 0.514. The molecule has 2 N–H and O–H groups in total. The Morgan fingerprint density at radius 3 is 2.84 bits per heavy atom. The third kappa shape index (κ3) is 1.50. The van der Waals surface area contributed by atoms with Crippen LogP contribution >= 0.6 is 0 Å². The van der Waals surface area contributed by atoms with Gasteiger partial charge in [-0.15, -0.1) is 0 Å². The summed E-state index contributed by atoms with van der Waals surface area (Å²) in [4.78, 5) is 11.6. The van der Waals surface area contributed by atoms with Gasteiger partial charge in [0.15, 0.2) is 0 Å². The number of esters is 1. The van der Waals surface area contributed by atoms with Gasteiger partial charge >= 0.3 is 5.97 Å². The lowest BCUT2D eigenvalue weighted by Gasteiger charge is -2.39. The maximum atomic E-state index is 11.6. The average Bonchev–Trinajstić information content (AvgIpc) is 2.71. The number of aliphatic hydroxyl groups is 2. The van der Waals surface area contributed by atoms with Crippen LogP contribution in [0.3, 0.4) is 0 Å². The SMILES string of the molecule is C=C1CCC2(O)C1CC1=C(C)C(=O)OC1=CC2(C)O. The van der Waals surface area contributed by atoms with Crippen LogP contribution in [0.15, 0.2) is 35.1 Å². The van der Waals surface area contributed by atoms with Gasteiger partial charge in [-0.1, -0.05) is 12.2 Å². The number of rotatable bonds is 0. The third-order valence-corrected chi connectivity index (χ3v) is 4.85. The summed E-state index contributed by atoms with van der Waals surface area (Å²) in [5.74, 6) is -0.218. The molecule has 0 aromatic rings. The van der Waals surface area contributed by atoms with Crippen molar-refractivity contribution in [3.05, 3.63) is 35.1 Å². The van der Waals surface area contributed by atoms with Crippen LogP contribution in [0.25, 0.3) is 0 Å². The van der Waals surface area contributed by atoms with E-state index in [9.17, 15) is 15.0 Å². The Morgan fingerprint density at radius 1 is 1.47 bits per heavy atom. The van der Waals surface area contributed by atoms with Gasteiger partial charge in [-0.2, -0.15) is 0 Å². The van der Waals surface area contributed by atoms with Crippen molar-refractivity contribution >= 4 is 5.97 Å². The molecule has 0 aromatic carbocycles. The molecule has 0 amide bonds. The molecule has 1 fully saturated rings. The maximum absolute atomic E-state index is 11.6. The van der Waals surface area contributed by atoms with E-state index in [1.54, 1.807) is 13.8 Å². The van der Waals surface area contributed by atoms with Gasteiger partial charge in [-0.25, -0.2) is 4.79 Å². The summed E-state index contributed by atoms with van der Waals surface area (Å²) in [7, 11) is 0. The molecule has 3 unspecified atom stereocenters. The monoisotopic (exact) mass is 262 g/mol. The van der Waals surface area contributed by atoms with Crippen LogP contribution in [-0.2, 0) is 9.53 Å². The van der Waals surface area contributed by atoms with Crippen LogP contribution in [0.2, 0.25) is 0 Å². The molecule has 0 saturated heterocycles. The molecule has 0 bridgehead atoms. The predicted octanol–water partition coefficient (Wildman–Crippen LogP) is 1.60. The lowest BCUT2D eigenvalue weighted by molar-refractivity contribution is -0.135. The zero-order valence-corrected chi connectivity index (χ0v) is 11.2. The molecule has 3 rings (SSSR count). The van der Waals surface area contributed by atoms with Crippen molar-refractivity contribution < 1.29 is 19.7 Å². The normalized spacial score (nSPS) is 41.7. The Labute approximate surface area is 112 Å². The number of allylic oxidation sites excluding steroid dienone is 1. The van der Waals surface area contributed by atoms with E-state index in [4.69, 9.17) is 4.74 Å². The summed E-state index contributed by atoms with van der Waals surface area (Å²) in [6.45, 7) is 7.29. The van der Waals surface area contributed by atoms with E-state index in [1.165, 1.54) is 6.08 Å². The number of hydrogen-bond donors (Lipinski definition) is 2. The fraction of sp³-hybridized carbons (Fsp3) is 0.533. The van der Waals surface area contributed by atoms with Crippen LogP contribution in [0.1, 0.15) is 33.1 Å². The van der Waals surface area contributed by atoms with Gasteiger partial charge in [-0.3, -0.25) is 0 Å². The second-order valence-electron chi connectivity index (χ2n) is 5.99. The zero-order valence-electron chi connectivity index (χ0n) is 11.2. The second-order valence-corrected chi connectivity index (χ2v) is 5.99. The fourth-order valence-electron chi connectivity index (χ4n) is 3.46. The van der Waals surface area contributed by atoms with Gasteiger partial charge in [0.2, 0.25) is 0 Å². The Hall–Kier alpha value is -1.39. The molecular formula is C15H18O4. The first-order valence-corrected chi connectivity index (χ1v) is 6.54. The summed E-state index contributed by atoms with van der Waals surface area (Å²) in [5.41, 5.74) is -0.391. The van der Waals surface area contributed by atoms with Crippen molar-refractivity contribution in [2.24, 2.45) is 5.92 Å². The summed E-state index contributed by atoms with van der Waals surface area (Å²) in [5, 5.41) is 21.5. The molecule has 3 aliphatic rings. The first-order valence-electron chi connectivity index (χ1n) is 6.54. The molecule has 1 aliphatic heterocycles. The molecule has 1 saturated carbocycles. The van der Waals surface area contributed by atoms with Crippen molar-refractivity contribution in [2.75, 3.05) is 0 Å². The highest BCUT2D eigenvalue weighted by atomic mass is 16.5. The minimum absolute atomic E-state index is 0.240. The zero-order chi connectivity index (χ0) is 14.0. The summed E-state index contributed by atoms with van der Waals surface area (Å²) in [6, 6.07) is 0. The topological polar surface area (TPSA) is 66.8 Å². The number of fused-ring (bicyclic) bond motifs is 2. The van der Waals surface area contributed by atoms with E-state index in [0.717, 1.165) is 11.1 Å². The van der Waals surface area contributed by atoms with E-state index < -0.39 is 11.2 Å². The smallest absolute Gasteiger partial charge is 0.339 e. The van der Waals surface area contributed by atoms with Gasteiger partial charge in [0.25, 0.3) is 0 Å². The van der Waals surface area contributed by atoms with Crippen molar-refractivity contribution in [1.29, 1.82) is 0 Å². The first-order chi connectivity index (χ1) is 8.76. The lowest BCUT2D eigenvalue weighted by atomic mass is 9.75.